The lowest BCUT2D eigenvalue weighted by Crippen LogP contribution is -2.38. The summed E-state index contributed by atoms with van der Waals surface area (Å²) in [5, 5.41) is 12.1. The standard InChI is InChI=1S/C13H16N2O3/c14-12(16)10-3-1-8(2-4-10)7-15-11(13(17)18)9-5-6-9/h1-4,9,11,15H,5-7H2,(H2,14,16)(H,17,18). The highest BCUT2D eigenvalue weighted by Gasteiger charge is 2.35. The Morgan fingerprint density at radius 1 is 1.33 bits per heavy atom. The summed E-state index contributed by atoms with van der Waals surface area (Å²) in [5.74, 6) is -1.01. The lowest BCUT2D eigenvalue weighted by atomic mass is 10.1. The molecule has 1 saturated carbocycles. The summed E-state index contributed by atoms with van der Waals surface area (Å²) in [5.41, 5.74) is 6.53. The molecule has 1 fully saturated rings. The van der Waals surface area contributed by atoms with Gasteiger partial charge in [-0.2, -0.15) is 0 Å². The monoisotopic (exact) mass is 248 g/mol. The van der Waals surface area contributed by atoms with E-state index < -0.39 is 17.9 Å². The van der Waals surface area contributed by atoms with E-state index in [1.807, 2.05) is 0 Å². The number of carboxylic acids is 1. The van der Waals surface area contributed by atoms with Crippen molar-refractivity contribution in [3.63, 3.8) is 0 Å². The van der Waals surface area contributed by atoms with Crippen LogP contribution in [0.1, 0.15) is 28.8 Å². The number of rotatable bonds is 6. The Morgan fingerprint density at radius 2 is 1.94 bits per heavy atom. The molecule has 96 valence electrons. The molecule has 0 saturated heterocycles. The lowest BCUT2D eigenvalue weighted by Gasteiger charge is -2.13. The number of primary amides is 1. The molecule has 0 bridgehead atoms. The van der Waals surface area contributed by atoms with E-state index in [0.29, 0.717) is 12.1 Å². The van der Waals surface area contributed by atoms with Crippen molar-refractivity contribution in [3.05, 3.63) is 35.4 Å². The topological polar surface area (TPSA) is 92.4 Å². The first-order chi connectivity index (χ1) is 8.58. The molecule has 1 aromatic rings. The molecule has 1 amide bonds. The van der Waals surface area contributed by atoms with E-state index in [2.05, 4.69) is 5.32 Å². The summed E-state index contributed by atoms with van der Waals surface area (Å²) < 4.78 is 0. The summed E-state index contributed by atoms with van der Waals surface area (Å²) in [6, 6.07) is 6.37. The highest BCUT2D eigenvalue weighted by atomic mass is 16.4. The molecule has 0 aliphatic heterocycles. The molecule has 1 unspecified atom stereocenters. The van der Waals surface area contributed by atoms with Crippen LogP contribution in [0.15, 0.2) is 24.3 Å². The molecular weight excluding hydrogens is 232 g/mol. The quantitative estimate of drug-likeness (QED) is 0.692. The van der Waals surface area contributed by atoms with Gasteiger partial charge in [0.25, 0.3) is 0 Å². The van der Waals surface area contributed by atoms with E-state index in [9.17, 15) is 9.59 Å². The molecule has 5 nitrogen and oxygen atoms in total. The highest BCUT2D eigenvalue weighted by Crippen LogP contribution is 2.32. The van der Waals surface area contributed by atoms with Crippen molar-refractivity contribution in [1.29, 1.82) is 0 Å². The van der Waals surface area contributed by atoms with E-state index in [1.165, 1.54) is 0 Å². The Kier molecular flexibility index (Phi) is 3.62. The number of hydrogen-bond acceptors (Lipinski definition) is 3. The highest BCUT2D eigenvalue weighted by molar-refractivity contribution is 5.92. The van der Waals surface area contributed by atoms with Crippen molar-refractivity contribution >= 4 is 11.9 Å². The van der Waals surface area contributed by atoms with Crippen molar-refractivity contribution in [2.24, 2.45) is 11.7 Å². The van der Waals surface area contributed by atoms with Gasteiger partial charge in [-0.15, -0.1) is 0 Å². The van der Waals surface area contributed by atoms with Crippen LogP contribution in [-0.2, 0) is 11.3 Å². The molecule has 4 N–H and O–H groups in total. The molecule has 5 heteroatoms. The van der Waals surface area contributed by atoms with Crippen molar-refractivity contribution in [3.8, 4) is 0 Å². The fourth-order valence-electron chi connectivity index (χ4n) is 1.90. The van der Waals surface area contributed by atoms with Crippen LogP contribution in [0.4, 0.5) is 0 Å². The van der Waals surface area contributed by atoms with Gasteiger partial charge in [-0.05, 0) is 36.5 Å². The van der Waals surface area contributed by atoms with Gasteiger partial charge >= 0.3 is 5.97 Å². The molecule has 0 radical (unpaired) electrons. The fraction of sp³-hybridized carbons (Fsp3) is 0.385. The van der Waals surface area contributed by atoms with E-state index in [-0.39, 0.29) is 5.92 Å². The van der Waals surface area contributed by atoms with E-state index in [1.54, 1.807) is 24.3 Å². The maximum Gasteiger partial charge on any atom is 0.320 e. The minimum atomic E-state index is -0.800. The van der Waals surface area contributed by atoms with Crippen LogP contribution in [-0.4, -0.2) is 23.0 Å². The Labute approximate surface area is 105 Å². The van der Waals surface area contributed by atoms with Gasteiger partial charge in [0.15, 0.2) is 0 Å². The third-order valence-corrected chi connectivity index (χ3v) is 3.12. The number of benzene rings is 1. The number of aliphatic carboxylic acids is 1. The van der Waals surface area contributed by atoms with E-state index in [0.717, 1.165) is 18.4 Å². The lowest BCUT2D eigenvalue weighted by molar-refractivity contribution is -0.140. The molecule has 0 aromatic heterocycles. The number of carbonyl (C=O) groups excluding carboxylic acids is 1. The second-order valence-electron chi connectivity index (χ2n) is 4.60. The SMILES string of the molecule is NC(=O)c1ccc(CNC(C(=O)O)C2CC2)cc1. The van der Waals surface area contributed by atoms with Crippen LogP contribution >= 0.6 is 0 Å². The smallest absolute Gasteiger partial charge is 0.320 e. The average molecular weight is 248 g/mol. The van der Waals surface area contributed by atoms with Crippen LogP contribution in [0.2, 0.25) is 0 Å². The summed E-state index contributed by atoms with van der Waals surface area (Å²) in [6.07, 6.45) is 1.95. The number of amides is 1. The normalized spacial score (nSPS) is 16.2. The number of nitrogens with two attached hydrogens (primary N) is 1. The maximum atomic E-state index is 11.0. The summed E-state index contributed by atoms with van der Waals surface area (Å²) >= 11 is 0. The molecule has 18 heavy (non-hydrogen) atoms. The summed E-state index contributed by atoms with van der Waals surface area (Å²) in [4.78, 5) is 21.9. The zero-order valence-electron chi connectivity index (χ0n) is 9.93. The number of nitrogens with one attached hydrogen (secondary N) is 1. The van der Waals surface area contributed by atoms with Crippen molar-refractivity contribution in [2.75, 3.05) is 0 Å². The predicted octanol–water partition coefficient (Wildman–Crippen LogP) is 0.738. The van der Waals surface area contributed by atoms with Crippen LogP contribution in [0.5, 0.6) is 0 Å². The van der Waals surface area contributed by atoms with Gasteiger partial charge in [-0.3, -0.25) is 9.59 Å². The summed E-state index contributed by atoms with van der Waals surface area (Å²) in [7, 11) is 0. The second kappa shape index (κ2) is 5.18. The second-order valence-corrected chi connectivity index (χ2v) is 4.60. The van der Waals surface area contributed by atoms with Gasteiger partial charge in [0, 0.05) is 12.1 Å². The third kappa shape index (κ3) is 3.07. The zero-order chi connectivity index (χ0) is 13.1. The largest absolute Gasteiger partial charge is 0.480 e. The number of carbonyl (C=O) groups is 2. The minimum absolute atomic E-state index is 0.257. The predicted molar refractivity (Wildman–Crippen MR) is 65.9 cm³/mol. The van der Waals surface area contributed by atoms with Gasteiger partial charge < -0.3 is 16.2 Å². The average Bonchev–Trinajstić information content (AvgIpc) is 3.14. The van der Waals surface area contributed by atoms with Crippen molar-refractivity contribution in [1.82, 2.24) is 5.32 Å². The van der Waals surface area contributed by atoms with Crippen LogP contribution in [0.25, 0.3) is 0 Å². The van der Waals surface area contributed by atoms with Gasteiger partial charge in [-0.1, -0.05) is 12.1 Å². The van der Waals surface area contributed by atoms with Gasteiger partial charge in [-0.25, -0.2) is 0 Å². The van der Waals surface area contributed by atoms with Crippen LogP contribution in [0.3, 0.4) is 0 Å². The third-order valence-electron chi connectivity index (χ3n) is 3.12. The van der Waals surface area contributed by atoms with Crippen molar-refractivity contribution in [2.45, 2.75) is 25.4 Å². The Balaban J connectivity index is 1.92. The maximum absolute atomic E-state index is 11.0. The van der Waals surface area contributed by atoms with Gasteiger partial charge in [0.1, 0.15) is 6.04 Å². The molecular formula is C13H16N2O3. The Hall–Kier alpha value is -1.88. The molecule has 2 rings (SSSR count). The van der Waals surface area contributed by atoms with Crippen LogP contribution < -0.4 is 11.1 Å². The Morgan fingerprint density at radius 3 is 2.39 bits per heavy atom. The molecule has 0 heterocycles. The zero-order valence-corrected chi connectivity index (χ0v) is 9.93. The number of carboxylic acid groups (broad SMARTS) is 1. The molecule has 0 spiro atoms. The molecule has 1 aliphatic rings. The van der Waals surface area contributed by atoms with Crippen molar-refractivity contribution < 1.29 is 14.7 Å². The van der Waals surface area contributed by atoms with Crippen LogP contribution in [0, 0.1) is 5.92 Å². The fourth-order valence-corrected chi connectivity index (χ4v) is 1.90. The molecule has 1 aliphatic carbocycles. The Bertz CT molecular complexity index is 452. The summed E-state index contributed by atoms with van der Waals surface area (Å²) in [6.45, 7) is 0.479. The van der Waals surface area contributed by atoms with Gasteiger partial charge in [0.2, 0.25) is 5.91 Å². The molecule has 1 atom stereocenters. The van der Waals surface area contributed by atoms with E-state index >= 15 is 0 Å². The minimum Gasteiger partial charge on any atom is -0.480 e. The van der Waals surface area contributed by atoms with E-state index in [4.69, 9.17) is 10.8 Å². The van der Waals surface area contributed by atoms with Gasteiger partial charge in [0.05, 0.1) is 0 Å². The first-order valence-electron chi connectivity index (χ1n) is 5.93. The first kappa shape index (κ1) is 12.6. The first-order valence-corrected chi connectivity index (χ1v) is 5.93. The number of hydrogen-bond donors (Lipinski definition) is 3. The molecule has 1 aromatic carbocycles.